The number of Topliss-reactive ketones (excluding diaryl/α,β-unsaturated/α-hetero) is 2. The Morgan fingerprint density at radius 2 is 2.20 bits per heavy atom. The van der Waals surface area contributed by atoms with E-state index in [0.29, 0.717) is 19.5 Å². The summed E-state index contributed by atoms with van der Waals surface area (Å²) in [5, 5.41) is 9.19. The van der Waals surface area contributed by atoms with Gasteiger partial charge in [-0.3, -0.25) is 14.5 Å². The molecule has 4 unspecified atom stereocenters. The lowest BCUT2D eigenvalue weighted by Gasteiger charge is -2.57. The number of hydrogen-bond acceptors (Lipinski definition) is 4. The highest BCUT2D eigenvalue weighted by Crippen LogP contribution is 2.51. The number of nitrogens with zero attached hydrogens (tertiary/aromatic N) is 2. The lowest BCUT2D eigenvalue weighted by Crippen LogP contribution is -2.72. The summed E-state index contributed by atoms with van der Waals surface area (Å²) >= 11 is 0. The van der Waals surface area contributed by atoms with Crippen molar-refractivity contribution in [3.05, 3.63) is 0 Å². The molecule has 3 heterocycles. The van der Waals surface area contributed by atoms with Crippen molar-refractivity contribution < 1.29 is 9.59 Å². The Bertz CT molecular complexity index is 425. The Morgan fingerprint density at radius 1 is 1.47 bits per heavy atom. The van der Waals surface area contributed by atoms with Gasteiger partial charge in [-0.05, 0) is 13.3 Å². The van der Waals surface area contributed by atoms with Crippen molar-refractivity contribution >= 4 is 11.6 Å². The molecule has 4 aliphatic rings. The fourth-order valence-electron chi connectivity index (χ4n) is 3.59. The van der Waals surface area contributed by atoms with Gasteiger partial charge in [-0.2, -0.15) is 5.26 Å². The summed E-state index contributed by atoms with van der Waals surface area (Å²) in [6.07, 6.45) is 0.452. The Kier molecular flexibility index (Phi) is 1.39. The van der Waals surface area contributed by atoms with E-state index in [4.69, 9.17) is 0 Å². The smallest absolute Gasteiger partial charge is 0.168 e. The van der Waals surface area contributed by atoms with E-state index in [0.717, 1.165) is 6.54 Å². The predicted molar refractivity (Wildman–Crippen MR) is 50.7 cm³/mol. The van der Waals surface area contributed by atoms with Gasteiger partial charge < -0.3 is 0 Å². The van der Waals surface area contributed by atoms with Gasteiger partial charge in [-0.15, -0.1) is 0 Å². The first kappa shape index (κ1) is 9.05. The van der Waals surface area contributed by atoms with Crippen molar-refractivity contribution in [2.24, 2.45) is 16.7 Å². The second-order valence-electron chi connectivity index (χ2n) is 5.29. The number of nitriles is 1. The van der Waals surface area contributed by atoms with E-state index >= 15 is 0 Å². The molecule has 1 saturated carbocycles. The van der Waals surface area contributed by atoms with Crippen LogP contribution in [-0.2, 0) is 9.59 Å². The molecule has 4 nitrogen and oxygen atoms in total. The average molecular weight is 204 g/mol. The lowest BCUT2D eigenvalue weighted by atomic mass is 9.52. The number of piperidine rings is 3. The normalized spacial score (nSPS) is 52.0. The highest BCUT2D eigenvalue weighted by atomic mass is 16.2. The molecule has 15 heavy (non-hydrogen) atoms. The number of carbonyl (C=O) groups is 2. The maximum absolute atomic E-state index is 12.2. The van der Waals surface area contributed by atoms with Crippen molar-refractivity contribution in [3.63, 3.8) is 0 Å². The molecule has 78 valence electrons. The highest BCUT2D eigenvalue weighted by molar-refractivity contribution is 6.14. The molecule has 4 atom stereocenters. The molecular weight excluding hydrogens is 192 g/mol. The minimum Gasteiger partial charge on any atom is -0.299 e. The van der Waals surface area contributed by atoms with Gasteiger partial charge >= 0.3 is 0 Å². The second-order valence-corrected chi connectivity index (χ2v) is 5.29. The highest BCUT2D eigenvalue weighted by Gasteiger charge is 2.66. The first-order chi connectivity index (χ1) is 7.02. The fraction of sp³-hybridized carbons (Fsp3) is 0.727. The molecule has 0 radical (unpaired) electrons. The van der Waals surface area contributed by atoms with Crippen LogP contribution in [0.2, 0.25) is 0 Å². The zero-order chi connectivity index (χ0) is 10.8. The Morgan fingerprint density at radius 3 is 2.87 bits per heavy atom. The van der Waals surface area contributed by atoms with Crippen LogP contribution >= 0.6 is 0 Å². The average Bonchev–Trinajstić information content (AvgIpc) is 2.22. The van der Waals surface area contributed by atoms with Gasteiger partial charge in [0.25, 0.3) is 0 Å². The summed E-state index contributed by atoms with van der Waals surface area (Å²) < 4.78 is 0. The number of ketones is 2. The molecule has 0 amide bonds. The topological polar surface area (TPSA) is 61.2 Å². The summed E-state index contributed by atoms with van der Waals surface area (Å²) in [4.78, 5) is 26.3. The number of rotatable bonds is 0. The van der Waals surface area contributed by atoms with Gasteiger partial charge in [0.05, 0.1) is 11.5 Å². The molecular formula is C11H12N2O2. The van der Waals surface area contributed by atoms with Gasteiger partial charge in [-0.25, -0.2) is 0 Å². The zero-order valence-electron chi connectivity index (χ0n) is 8.62. The third-order valence-electron chi connectivity index (χ3n) is 4.17. The van der Waals surface area contributed by atoms with E-state index in [1.807, 2.05) is 0 Å². The van der Waals surface area contributed by atoms with Crippen LogP contribution in [0.5, 0.6) is 0 Å². The summed E-state index contributed by atoms with van der Waals surface area (Å²) in [5.41, 5.74) is -1.78. The lowest BCUT2D eigenvalue weighted by molar-refractivity contribution is -0.171. The zero-order valence-corrected chi connectivity index (χ0v) is 8.62. The molecule has 0 N–H and O–H groups in total. The summed E-state index contributed by atoms with van der Waals surface area (Å²) in [6, 6.07) is 2.16. The van der Waals surface area contributed by atoms with Crippen LogP contribution in [-0.4, -0.2) is 36.1 Å². The monoisotopic (exact) mass is 204 g/mol. The molecule has 0 spiro atoms. The van der Waals surface area contributed by atoms with Crippen molar-refractivity contribution in [1.82, 2.24) is 4.90 Å². The standard InChI is InChI=1S/C11H12N2O2/c1-10-5-13-3-7(8(10)14)2-11(4-12,6-13)9(10)15/h7H,2-3,5-6H2,1H3. The van der Waals surface area contributed by atoms with E-state index in [9.17, 15) is 14.9 Å². The molecule has 4 rings (SSSR count). The van der Waals surface area contributed by atoms with Crippen LogP contribution < -0.4 is 0 Å². The molecule has 0 aromatic heterocycles. The molecule has 4 heteroatoms. The van der Waals surface area contributed by atoms with Crippen molar-refractivity contribution in [2.75, 3.05) is 19.6 Å². The maximum Gasteiger partial charge on any atom is 0.168 e. The minimum atomic E-state index is -0.894. The first-order valence-electron chi connectivity index (χ1n) is 5.25. The van der Waals surface area contributed by atoms with E-state index in [2.05, 4.69) is 11.0 Å². The van der Waals surface area contributed by atoms with Crippen LogP contribution in [0, 0.1) is 28.1 Å². The summed E-state index contributed by atoms with van der Waals surface area (Å²) in [6.45, 7) is 3.50. The summed E-state index contributed by atoms with van der Waals surface area (Å²) in [7, 11) is 0. The van der Waals surface area contributed by atoms with E-state index in [-0.39, 0.29) is 17.5 Å². The molecule has 0 aromatic rings. The van der Waals surface area contributed by atoms with Crippen LogP contribution in [0.25, 0.3) is 0 Å². The first-order valence-corrected chi connectivity index (χ1v) is 5.25. The van der Waals surface area contributed by atoms with E-state index in [1.54, 1.807) is 6.92 Å². The predicted octanol–water partition coefficient (Wildman–Crippen LogP) is -0.0100. The third-order valence-corrected chi connectivity index (χ3v) is 4.17. The van der Waals surface area contributed by atoms with Crippen molar-refractivity contribution in [3.8, 4) is 6.07 Å². The molecule has 0 aromatic carbocycles. The van der Waals surface area contributed by atoms with Gasteiger partial charge in [0.15, 0.2) is 11.6 Å². The molecule has 1 aliphatic carbocycles. The van der Waals surface area contributed by atoms with E-state index < -0.39 is 10.8 Å². The third kappa shape index (κ3) is 0.813. The van der Waals surface area contributed by atoms with Crippen LogP contribution in [0.1, 0.15) is 13.3 Å². The largest absolute Gasteiger partial charge is 0.299 e. The summed E-state index contributed by atoms with van der Waals surface area (Å²) in [5.74, 6) is -0.154. The Labute approximate surface area is 87.8 Å². The fourth-order valence-corrected chi connectivity index (χ4v) is 3.59. The molecule has 3 aliphatic heterocycles. The molecule has 4 fully saturated rings. The van der Waals surface area contributed by atoms with E-state index in [1.165, 1.54) is 0 Å². The van der Waals surface area contributed by atoms with Crippen molar-refractivity contribution in [1.29, 1.82) is 5.26 Å². The van der Waals surface area contributed by atoms with Crippen molar-refractivity contribution in [2.45, 2.75) is 13.3 Å². The molecule has 4 bridgehead atoms. The molecule has 3 saturated heterocycles. The Balaban J connectivity index is 2.18. The Hall–Kier alpha value is -1.21. The van der Waals surface area contributed by atoms with Gasteiger partial charge in [-0.1, -0.05) is 0 Å². The quantitative estimate of drug-likeness (QED) is 0.521. The van der Waals surface area contributed by atoms with Gasteiger partial charge in [0, 0.05) is 25.6 Å². The number of hydrogen-bond donors (Lipinski definition) is 0. The maximum atomic E-state index is 12.2. The SMILES string of the molecule is CC12CN3CC(CC(C#N)(C3)C1=O)C2=O. The van der Waals surface area contributed by atoms with Crippen LogP contribution in [0.3, 0.4) is 0 Å². The second kappa shape index (κ2) is 2.30. The number of carbonyl (C=O) groups excluding carboxylic acids is 2. The van der Waals surface area contributed by atoms with Crippen LogP contribution in [0.15, 0.2) is 0 Å². The van der Waals surface area contributed by atoms with Gasteiger partial charge in [0.1, 0.15) is 5.41 Å². The minimum absolute atomic E-state index is 0.0642. The van der Waals surface area contributed by atoms with Crippen LogP contribution in [0.4, 0.5) is 0 Å². The van der Waals surface area contributed by atoms with Gasteiger partial charge in [0.2, 0.25) is 0 Å².